The highest BCUT2D eigenvalue weighted by Crippen LogP contribution is 2.24. The van der Waals surface area contributed by atoms with Crippen LogP contribution in [0.3, 0.4) is 0 Å². The van der Waals surface area contributed by atoms with E-state index in [1.54, 1.807) is 12.1 Å². The van der Waals surface area contributed by atoms with Crippen LogP contribution in [-0.4, -0.2) is 21.3 Å². The predicted octanol–water partition coefficient (Wildman–Crippen LogP) is 2.24. The molecule has 0 saturated heterocycles. The van der Waals surface area contributed by atoms with Crippen molar-refractivity contribution in [1.29, 1.82) is 0 Å². The monoisotopic (exact) mass is 246 g/mol. The van der Waals surface area contributed by atoms with E-state index in [0.29, 0.717) is 5.92 Å². The molecule has 0 fully saturated rings. The molecule has 1 unspecified atom stereocenters. The molecule has 1 aromatic heterocycles. The van der Waals surface area contributed by atoms with E-state index in [4.69, 9.17) is 0 Å². The van der Waals surface area contributed by atoms with Crippen LogP contribution in [0.25, 0.3) is 11.3 Å². The van der Waals surface area contributed by atoms with Gasteiger partial charge in [-0.2, -0.15) is 0 Å². The molecule has 0 saturated carbocycles. The maximum Gasteiger partial charge on any atom is 0.123 e. The molecule has 4 heteroatoms. The smallest absolute Gasteiger partial charge is 0.123 e. The summed E-state index contributed by atoms with van der Waals surface area (Å²) >= 11 is 0. The molecule has 18 heavy (non-hydrogen) atoms. The highest BCUT2D eigenvalue weighted by atomic mass is 19.1. The molecule has 1 atom stereocenters. The minimum absolute atomic E-state index is 0.226. The van der Waals surface area contributed by atoms with Crippen LogP contribution in [-0.2, 0) is 13.0 Å². The number of imidazole rings is 1. The standard InChI is InChI=1S/C14H15FN2O/c15-12-4-2-11(3-5-12)13-8-17-7-10(9-18)1-6-14(17)16-13/h2-5,8,10,18H,1,6-7,9H2. The summed E-state index contributed by atoms with van der Waals surface area (Å²) in [6.45, 7) is 1.05. The second-order valence-electron chi connectivity index (χ2n) is 4.79. The van der Waals surface area contributed by atoms with Crippen LogP contribution in [0.5, 0.6) is 0 Å². The molecule has 2 heterocycles. The molecule has 1 aromatic carbocycles. The number of nitrogens with zero attached hydrogens (tertiary/aromatic N) is 2. The van der Waals surface area contributed by atoms with Crippen molar-refractivity contribution in [2.24, 2.45) is 5.92 Å². The number of aliphatic hydroxyl groups excluding tert-OH is 1. The maximum atomic E-state index is 12.9. The van der Waals surface area contributed by atoms with Gasteiger partial charge in [-0.1, -0.05) is 0 Å². The maximum absolute atomic E-state index is 12.9. The molecule has 0 spiro atoms. The first-order valence-electron chi connectivity index (χ1n) is 6.19. The molecule has 94 valence electrons. The Morgan fingerprint density at radius 3 is 2.83 bits per heavy atom. The van der Waals surface area contributed by atoms with Gasteiger partial charge in [-0.25, -0.2) is 9.37 Å². The third-order valence-corrected chi connectivity index (χ3v) is 3.49. The Morgan fingerprint density at radius 1 is 1.33 bits per heavy atom. The number of fused-ring (bicyclic) bond motifs is 1. The van der Waals surface area contributed by atoms with Crippen molar-refractivity contribution in [3.05, 3.63) is 42.1 Å². The van der Waals surface area contributed by atoms with Crippen molar-refractivity contribution in [2.45, 2.75) is 19.4 Å². The van der Waals surface area contributed by atoms with E-state index in [1.807, 2.05) is 6.20 Å². The van der Waals surface area contributed by atoms with E-state index in [-0.39, 0.29) is 12.4 Å². The summed E-state index contributed by atoms with van der Waals surface area (Å²) < 4.78 is 15.0. The molecule has 1 aliphatic heterocycles. The number of halogens is 1. The number of benzene rings is 1. The topological polar surface area (TPSA) is 38.1 Å². The van der Waals surface area contributed by atoms with Gasteiger partial charge in [0.2, 0.25) is 0 Å². The van der Waals surface area contributed by atoms with E-state index in [2.05, 4.69) is 9.55 Å². The fourth-order valence-corrected chi connectivity index (χ4v) is 2.42. The number of rotatable bonds is 2. The molecular weight excluding hydrogens is 231 g/mol. The average Bonchev–Trinajstić information content (AvgIpc) is 2.82. The summed E-state index contributed by atoms with van der Waals surface area (Å²) in [5.74, 6) is 1.15. The Bertz CT molecular complexity index is 547. The predicted molar refractivity (Wildman–Crippen MR) is 66.5 cm³/mol. The van der Waals surface area contributed by atoms with Crippen LogP contribution in [0, 0.1) is 11.7 Å². The highest BCUT2D eigenvalue weighted by molar-refractivity contribution is 5.58. The van der Waals surface area contributed by atoms with Crippen molar-refractivity contribution in [2.75, 3.05) is 6.61 Å². The Balaban J connectivity index is 1.91. The van der Waals surface area contributed by atoms with E-state index >= 15 is 0 Å². The minimum atomic E-state index is -0.233. The fraction of sp³-hybridized carbons (Fsp3) is 0.357. The second kappa shape index (κ2) is 4.53. The molecule has 0 aliphatic carbocycles. The summed E-state index contributed by atoms with van der Waals surface area (Å²) in [5, 5.41) is 9.20. The average molecular weight is 246 g/mol. The fourth-order valence-electron chi connectivity index (χ4n) is 2.42. The minimum Gasteiger partial charge on any atom is -0.396 e. The van der Waals surface area contributed by atoms with Crippen molar-refractivity contribution in [1.82, 2.24) is 9.55 Å². The molecule has 1 aliphatic rings. The van der Waals surface area contributed by atoms with E-state index in [0.717, 1.165) is 36.5 Å². The first-order chi connectivity index (χ1) is 8.76. The van der Waals surface area contributed by atoms with Gasteiger partial charge >= 0.3 is 0 Å². The second-order valence-corrected chi connectivity index (χ2v) is 4.79. The molecule has 0 bridgehead atoms. The third-order valence-electron chi connectivity index (χ3n) is 3.49. The zero-order chi connectivity index (χ0) is 12.5. The molecule has 2 aromatic rings. The van der Waals surface area contributed by atoms with Gasteiger partial charge in [0.15, 0.2) is 0 Å². The van der Waals surface area contributed by atoms with Gasteiger partial charge in [-0.3, -0.25) is 0 Å². The summed E-state index contributed by atoms with van der Waals surface area (Å²) in [6, 6.07) is 6.38. The highest BCUT2D eigenvalue weighted by Gasteiger charge is 2.19. The number of hydrogen-bond acceptors (Lipinski definition) is 2. The quantitative estimate of drug-likeness (QED) is 0.882. The van der Waals surface area contributed by atoms with Crippen molar-refractivity contribution in [3.8, 4) is 11.3 Å². The Kier molecular flexibility index (Phi) is 2.88. The number of hydrogen-bond donors (Lipinski definition) is 1. The Labute approximate surface area is 105 Å². The van der Waals surface area contributed by atoms with Gasteiger partial charge in [0.05, 0.1) is 5.69 Å². The van der Waals surface area contributed by atoms with Gasteiger partial charge in [-0.05, 0) is 30.7 Å². The van der Waals surface area contributed by atoms with Crippen molar-refractivity contribution < 1.29 is 9.50 Å². The largest absolute Gasteiger partial charge is 0.396 e. The lowest BCUT2D eigenvalue weighted by molar-refractivity contribution is 0.190. The summed E-state index contributed by atoms with van der Waals surface area (Å²) in [7, 11) is 0. The Morgan fingerprint density at radius 2 is 2.11 bits per heavy atom. The summed E-state index contributed by atoms with van der Waals surface area (Å²) in [4.78, 5) is 4.58. The van der Waals surface area contributed by atoms with Gasteiger partial charge < -0.3 is 9.67 Å². The van der Waals surface area contributed by atoms with Crippen LogP contribution in [0.15, 0.2) is 30.5 Å². The van der Waals surface area contributed by atoms with E-state index < -0.39 is 0 Å². The SMILES string of the molecule is OCC1CCc2nc(-c3ccc(F)cc3)cn2C1. The molecular formula is C14H15FN2O. The van der Waals surface area contributed by atoms with Crippen LogP contribution in [0.1, 0.15) is 12.2 Å². The molecule has 3 nitrogen and oxygen atoms in total. The lowest BCUT2D eigenvalue weighted by Crippen LogP contribution is -2.22. The van der Waals surface area contributed by atoms with Gasteiger partial charge in [0.1, 0.15) is 11.6 Å². The molecule has 0 radical (unpaired) electrons. The Hall–Kier alpha value is -1.68. The van der Waals surface area contributed by atoms with Crippen molar-refractivity contribution in [3.63, 3.8) is 0 Å². The van der Waals surface area contributed by atoms with E-state index in [1.165, 1.54) is 12.1 Å². The molecule has 1 N–H and O–H groups in total. The van der Waals surface area contributed by atoms with Gasteiger partial charge in [-0.15, -0.1) is 0 Å². The number of aliphatic hydroxyl groups is 1. The zero-order valence-electron chi connectivity index (χ0n) is 10.0. The summed E-state index contributed by atoms with van der Waals surface area (Å²) in [5.41, 5.74) is 1.81. The normalized spacial score (nSPS) is 18.7. The van der Waals surface area contributed by atoms with Gasteiger partial charge in [0.25, 0.3) is 0 Å². The van der Waals surface area contributed by atoms with Gasteiger partial charge in [0, 0.05) is 37.3 Å². The van der Waals surface area contributed by atoms with Crippen LogP contribution < -0.4 is 0 Å². The lowest BCUT2D eigenvalue weighted by Gasteiger charge is -2.21. The van der Waals surface area contributed by atoms with Crippen molar-refractivity contribution >= 4 is 0 Å². The zero-order valence-corrected chi connectivity index (χ0v) is 10.0. The first-order valence-corrected chi connectivity index (χ1v) is 6.19. The van der Waals surface area contributed by atoms with E-state index in [9.17, 15) is 9.50 Å². The number of aryl methyl sites for hydroxylation is 1. The van der Waals surface area contributed by atoms with Crippen LogP contribution >= 0.6 is 0 Å². The number of aromatic nitrogens is 2. The molecule has 3 rings (SSSR count). The first kappa shape index (κ1) is 11.4. The molecule has 0 amide bonds. The summed E-state index contributed by atoms with van der Waals surface area (Å²) in [6.07, 6.45) is 3.87. The van der Waals surface area contributed by atoms with Crippen LogP contribution in [0.2, 0.25) is 0 Å². The lowest BCUT2D eigenvalue weighted by atomic mass is 10.0. The third kappa shape index (κ3) is 2.04. The van der Waals surface area contributed by atoms with Crippen LogP contribution in [0.4, 0.5) is 4.39 Å².